The summed E-state index contributed by atoms with van der Waals surface area (Å²) in [7, 11) is -3.47. The van der Waals surface area contributed by atoms with E-state index in [2.05, 4.69) is 15.5 Å². The van der Waals surface area contributed by atoms with Crippen molar-refractivity contribution in [3.05, 3.63) is 52.4 Å². The molecule has 2 aromatic rings. The normalized spacial score (nSPS) is 15.3. The zero-order chi connectivity index (χ0) is 17.2. The highest BCUT2D eigenvalue weighted by atomic mass is 32.2. The minimum Gasteiger partial charge on any atom is -0.321 e. The third kappa shape index (κ3) is 3.36. The first-order valence-electron chi connectivity index (χ1n) is 7.44. The Labute approximate surface area is 138 Å². The molecule has 2 heterocycles. The molecule has 1 saturated heterocycles. The fourth-order valence-electron chi connectivity index (χ4n) is 2.45. The topological polar surface area (TPSA) is 112 Å². The molecule has 8 nitrogen and oxygen atoms in total. The molecule has 2 N–H and O–H groups in total. The van der Waals surface area contributed by atoms with Crippen LogP contribution in [0.4, 0.5) is 5.69 Å². The van der Waals surface area contributed by atoms with E-state index >= 15 is 0 Å². The molecule has 1 fully saturated rings. The Morgan fingerprint density at radius 2 is 1.75 bits per heavy atom. The molecule has 24 heavy (non-hydrogen) atoms. The van der Waals surface area contributed by atoms with Crippen molar-refractivity contribution in [2.75, 3.05) is 18.4 Å². The molecular formula is C15H16N4O4S. The van der Waals surface area contributed by atoms with Crippen LogP contribution < -0.4 is 10.9 Å². The number of H-pyrrole nitrogens is 1. The molecule has 0 aliphatic carbocycles. The lowest BCUT2D eigenvalue weighted by atomic mass is 10.3. The van der Waals surface area contributed by atoms with Gasteiger partial charge in [-0.15, -0.1) is 0 Å². The molecule has 126 valence electrons. The van der Waals surface area contributed by atoms with Crippen molar-refractivity contribution in [2.24, 2.45) is 0 Å². The average molecular weight is 348 g/mol. The van der Waals surface area contributed by atoms with Crippen molar-refractivity contribution >= 4 is 21.6 Å². The first-order valence-corrected chi connectivity index (χ1v) is 8.88. The summed E-state index contributed by atoms with van der Waals surface area (Å²) in [5.74, 6) is -0.499. The zero-order valence-electron chi connectivity index (χ0n) is 12.7. The smallest absolute Gasteiger partial charge is 0.276 e. The van der Waals surface area contributed by atoms with Crippen LogP contribution in [0.1, 0.15) is 23.3 Å². The lowest BCUT2D eigenvalue weighted by molar-refractivity contribution is 0.102. The van der Waals surface area contributed by atoms with Crippen molar-refractivity contribution < 1.29 is 13.2 Å². The van der Waals surface area contributed by atoms with Crippen LogP contribution in [0.2, 0.25) is 0 Å². The number of rotatable bonds is 4. The lowest BCUT2D eigenvalue weighted by Crippen LogP contribution is -2.27. The van der Waals surface area contributed by atoms with E-state index in [0.29, 0.717) is 18.8 Å². The van der Waals surface area contributed by atoms with Gasteiger partial charge in [-0.25, -0.2) is 13.5 Å². The number of carbonyl (C=O) groups excluding carboxylic acids is 1. The van der Waals surface area contributed by atoms with Crippen LogP contribution in [-0.2, 0) is 10.0 Å². The van der Waals surface area contributed by atoms with Gasteiger partial charge in [0.15, 0.2) is 0 Å². The maximum absolute atomic E-state index is 12.4. The number of hydrogen-bond donors (Lipinski definition) is 2. The number of aromatic nitrogens is 2. The Kier molecular flexibility index (Phi) is 4.45. The van der Waals surface area contributed by atoms with E-state index < -0.39 is 21.5 Å². The molecule has 1 aromatic heterocycles. The van der Waals surface area contributed by atoms with Crippen LogP contribution >= 0.6 is 0 Å². The van der Waals surface area contributed by atoms with Gasteiger partial charge in [-0.1, -0.05) is 0 Å². The summed E-state index contributed by atoms with van der Waals surface area (Å²) in [5.41, 5.74) is 0.0970. The number of benzene rings is 1. The largest absolute Gasteiger partial charge is 0.321 e. The Hall–Kier alpha value is -2.52. The Morgan fingerprint density at radius 1 is 1.08 bits per heavy atom. The standard InChI is InChI=1S/C15H16N4O4S/c20-14-8-7-13(17-18-14)15(21)16-11-3-5-12(6-4-11)24(22,23)19-9-1-2-10-19/h3-8H,1-2,9-10H2,(H,16,21)(H,18,20). The van der Waals surface area contributed by atoms with Gasteiger partial charge in [-0.2, -0.15) is 9.40 Å². The van der Waals surface area contributed by atoms with Crippen molar-refractivity contribution in [1.29, 1.82) is 0 Å². The number of carbonyl (C=O) groups is 1. The number of hydrogen-bond acceptors (Lipinski definition) is 5. The first-order chi connectivity index (χ1) is 11.5. The number of nitrogens with zero attached hydrogens (tertiary/aromatic N) is 2. The second-order valence-electron chi connectivity index (χ2n) is 5.40. The van der Waals surface area contributed by atoms with Gasteiger partial charge >= 0.3 is 0 Å². The highest BCUT2D eigenvalue weighted by Gasteiger charge is 2.26. The second kappa shape index (κ2) is 6.54. The molecule has 0 atom stereocenters. The number of amides is 1. The summed E-state index contributed by atoms with van der Waals surface area (Å²) >= 11 is 0. The molecule has 0 saturated carbocycles. The van der Waals surface area contributed by atoms with Crippen LogP contribution in [0.25, 0.3) is 0 Å². The van der Waals surface area contributed by atoms with Crippen molar-refractivity contribution in [3.8, 4) is 0 Å². The van der Waals surface area contributed by atoms with E-state index in [1.165, 1.54) is 40.7 Å². The monoisotopic (exact) mass is 348 g/mol. The zero-order valence-corrected chi connectivity index (χ0v) is 13.5. The first kappa shape index (κ1) is 16.3. The minimum absolute atomic E-state index is 0.0587. The van der Waals surface area contributed by atoms with Crippen molar-refractivity contribution in [3.63, 3.8) is 0 Å². The Bertz CT molecular complexity index is 879. The van der Waals surface area contributed by atoms with Gasteiger partial charge in [0, 0.05) is 24.8 Å². The lowest BCUT2D eigenvalue weighted by Gasteiger charge is -2.15. The third-order valence-electron chi connectivity index (χ3n) is 3.73. The van der Waals surface area contributed by atoms with Gasteiger partial charge in [0.1, 0.15) is 5.69 Å². The van der Waals surface area contributed by atoms with Gasteiger partial charge in [0.2, 0.25) is 10.0 Å². The summed E-state index contributed by atoms with van der Waals surface area (Å²) in [6, 6.07) is 8.47. The number of sulfonamides is 1. The Morgan fingerprint density at radius 3 is 2.33 bits per heavy atom. The summed E-state index contributed by atoms with van der Waals surface area (Å²) in [4.78, 5) is 23.1. The summed E-state index contributed by atoms with van der Waals surface area (Å²) in [6.07, 6.45) is 1.75. The summed E-state index contributed by atoms with van der Waals surface area (Å²) in [5, 5.41) is 8.40. The number of anilines is 1. The predicted octanol–water partition coefficient (Wildman–Crippen LogP) is 0.807. The molecule has 1 amide bonds. The van der Waals surface area contributed by atoms with Gasteiger partial charge in [-0.05, 0) is 43.2 Å². The molecular weight excluding hydrogens is 332 g/mol. The van der Waals surface area contributed by atoms with Gasteiger partial charge in [0.05, 0.1) is 4.90 Å². The van der Waals surface area contributed by atoms with Crippen molar-refractivity contribution in [2.45, 2.75) is 17.7 Å². The van der Waals surface area contributed by atoms with Crippen LogP contribution in [0, 0.1) is 0 Å². The van der Waals surface area contributed by atoms with Crippen LogP contribution in [0.15, 0.2) is 46.1 Å². The average Bonchev–Trinajstić information content (AvgIpc) is 3.11. The molecule has 9 heteroatoms. The molecule has 0 spiro atoms. The minimum atomic E-state index is -3.47. The van der Waals surface area contributed by atoms with Gasteiger partial charge in [0.25, 0.3) is 11.5 Å². The highest BCUT2D eigenvalue weighted by Crippen LogP contribution is 2.22. The second-order valence-corrected chi connectivity index (χ2v) is 7.33. The van der Waals surface area contributed by atoms with E-state index in [0.717, 1.165) is 12.8 Å². The fourth-order valence-corrected chi connectivity index (χ4v) is 3.97. The SMILES string of the molecule is O=C(Nc1ccc(S(=O)(=O)N2CCCC2)cc1)c1ccc(=O)[nH]n1. The molecule has 1 aliphatic heterocycles. The highest BCUT2D eigenvalue weighted by molar-refractivity contribution is 7.89. The number of aromatic amines is 1. The summed E-state index contributed by atoms with van der Waals surface area (Å²) in [6.45, 7) is 1.08. The van der Waals surface area contributed by atoms with Crippen LogP contribution in [0.5, 0.6) is 0 Å². The Balaban J connectivity index is 1.73. The molecule has 1 aromatic carbocycles. The van der Waals surface area contributed by atoms with E-state index in [9.17, 15) is 18.0 Å². The maximum Gasteiger partial charge on any atom is 0.276 e. The predicted molar refractivity (Wildman–Crippen MR) is 87.2 cm³/mol. The molecule has 0 unspecified atom stereocenters. The van der Waals surface area contributed by atoms with Crippen molar-refractivity contribution in [1.82, 2.24) is 14.5 Å². The van der Waals surface area contributed by atoms with E-state index in [-0.39, 0.29) is 10.6 Å². The van der Waals surface area contributed by atoms with Gasteiger partial charge < -0.3 is 5.32 Å². The fraction of sp³-hybridized carbons (Fsp3) is 0.267. The molecule has 0 bridgehead atoms. The van der Waals surface area contributed by atoms with E-state index in [1.807, 2.05) is 0 Å². The van der Waals surface area contributed by atoms with Gasteiger partial charge in [-0.3, -0.25) is 9.59 Å². The summed E-state index contributed by atoms with van der Waals surface area (Å²) < 4.78 is 26.3. The molecule has 3 rings (SSSR count). The quantitative estimate of drug-likeness (QED) is 0.849. The van der Waals surface area contributed by atoms with Crippen LogP contribution in [0.3, 0.4) is 0 Å². The van der Waals surface area contributed by atoms with Crippen LogP contribution in [-0.4, -0.2) is 41.9 Å². The number of nitrogens with one attached hydrogen (secondary N) is 2. The van der Waals surface area contributed by atoms with E-state index in [4.69, 9.17) is 0 Å². The maximum atomic E-state index is 12.4. The van der Waals surface area contributed by atoms with E-state index in [1.54, 1.807) is 0 Å². The molecule has 1 aliphatic rings. The molecule has 0 radical (unpaired) electrons. The third-order valence-corrected chi connectivity index (χ3v) is 5.64.